The Balaban J connectivity index is 3.15. The van der Waals surface area contributed by atoms with E-state index in [0.717, 1.165) is 12.1 Å². The highest BCUT2D eigenvalue weighted by atomic mass is 35.5. The molecule has 1 aromatic carbocycles. The fourth-order valence-corrected chi connectivity index (χ4v) is 1.11. The van der Waals surface area contributed by atoms with Gasteiger partial charge in [-0.1, -0.05) is 11.6 Å². The quantitative estimate of drug-likeness (QED) is 0.774. The molecule has 0 aliphatic heterocycles. The van der Waals surface area contributed by atoms with Gasteiger partial charge in [-0.2, -0.15) is 13.2 Å². The van der Waals surface area contributed by atoms with Crippen LogP contribution < -0.4 is 4.65 Å². The van der Waals surface area contributed by atoms with Crippen molar-refractivity contribution in [1.29, 1.82) is 0 Å². The third-order valence-corrected chi connectivity index (χ3v) is 1.71. The van der Waals surface area contributed by atoms with Gasteiger partial charge in [-0.05, 0) is 18.2 Å². The summed E-state index contributed by atoms with van der Waals surface area (Å²) < 4.78 is 41.3. The SMILES string of the molecule is OB(O)Oc1ccc(Cl)cc1C(F)(F)F. The lowest BCUT2D eigenvalue weighted by Crippen LogP contribution is -2.22. The summed E-state index contributed by atoms with van der Waals surface area (Å²) in [6.45, 7) is 0. The normalized spacial score (nSPS) is 11.3. The summed E-state index contributed by atoms with van der Waals surface area (Å²) >= 11 is 5.38. The van der Waals surface area contributed by atoms with E-state index in [0.29, 0.717) is 6.07 Å². The molecular weight excluding hydrogens is 235 g/mol. The van der Waals surface area contributed by atoms with E-state index < -0.39 is 24.8 Å². The molecule has 1 aromatic rings. The second-order valence-corrected chi connectivity index (χ2v) is 3.02. The first-order valence-electron chi connectivity index (χ1n) is 3.70. The van der Waals surface area contributed by atoms with Gasteiger partial charge in [-0.25, -0.2) is 0 Å². The Hall–Kier alpha value is -0.915. The Kier molecular flexibility index (Phi) is 3.48. The zero-order chi connectivity index (χ0) is 11.6. The first-order chi connectivity index (χ1) is 6.80. The van der Waals surface area contributed by atoms with Gasteiger partial charge in [0.15, 0.2) is 0 Å². The van der Waals surface area contributed by atoms with Crippen molar-refractivity contribution in [2.45, 2.75) is 6.18 Å². The molecular formula is C7H5BClF3O3. The summed E-state index contributed by atoms with van der Waals surface area (Å²) in [5.41, 5.74) is -1.16. The summed E-state index contributed by atoms with van der Waals surface area (Å²) in [6, 6.07) is 2.69. The molecule has 0 aliphatic carbocycles. The fourth-order valence-electron chi connectivity index (χ4n) is 0.940. The van der Waals surface area contributed by atoms with Crippen molar-refractivity contribution in [2.75, 3.05) is 0 Å². The monoisotopic (exact) mass is 240 g/mol. The van der Waals surface area contributed by atoms with Gasteiger partial charge >= 0.3 is 13.5 Å². The number of hydrogen-bond donors (Lipinski definition) is 2. The summed E-state index contributed by atoms with van der Waals surface area (Å²) in [4.78, 5) is 0. The highest BCUT2D eigenvalue weighted by Crippen LogP contribution is 2.37. The Morgan fingerprint density at radius 3 is 2.33 bits per heavy atom. The maximum Gasteiger partial charge on any atom is 0.707 e. The van der Waals surface area contributed by atoms with Gasteiger partial charge in [0.05, 0.1) is 5.56 Å². The molecule has 8 heteroatoms. The molecule has 0 saturated carbocycles. The molecule has 15 heavy (non-hydrogen) atoms. The molecule has 0 spiro atoms. The fraction of sp³-hybridized carbons (Fsp3) is 0.143. The summed E-state index contributed by atoms with van der Waals surface area (Å²) in [7, 11) is -2.31. The summed E-state index contributed by atoms with van der Waals surface area (Å²) in [5, 5.41) is 16.7. The second kappa shape index (κ2) is 4.30. The minimum Gasteiger partial charge on any atom is -0.511 e. The highest BCUT2D eigenvalue weighted by Gasteiger charge is 2.35. The van der Waals surface area contributed by atoms with Crippen molar-refractivity contribution in [1.82, 2.24) is 0 Å². The van der Waals surface area contributed by atoms with Crippen LogP contribution in [0.15, 0.2) is 18.2 Å². The van der Waals surface area contributed by atoms with E-state index in [4.69, 9.17) is 21.6 Å². The lowest BCUT2D eigenvalue weighted by molar-refractivity contribution is -0.138. The molecule has 3 nitrogen and oxygen atoms in total. The van der Waals surface area contributed by atoms with Crippen molar-refractivity contribution in [3.05, 3.63) is 28.8 Å². The van der Waals surface area contributed by atoms with Crippen LogP contribution in [0.25, 0.3) is 0 Å². The molecule has 0 aromatic heterocycles. The predicted octanol–water partition coefficient (Wildman–Crippen LogP) is 1.71. The van der Waals surface area contributed by atoms with Crippen LogP contribution in [-0.2, 0) is 6.18 Å². The minimum atomic E-state index is -4.67. The van der Waals surface area contributed by atoms with Crippen molar-refractivity contribution in [3.63, 3.8) is 0 Å². The van der Waals surface area contributed by atoms with Crippen molar-refractivity contribution >= 4 is 18.9 Å². The molecule has 0 saturated heterocycles. The highest BCUT2D eigenvalue weighted by molar-refractivity contribution is 6.34. The Morgan fingerprint density at radius 1 is 1.27 bits per heavy atom. The molecule has 0 heterocycles. The van der Waals surface area contributed by atoms with E-state index in [1.807, 2.05) is 0 Å². The summed E-state index contributed by atoms with van der Waals surface area (Å²) in [6.07, 6.45) is -4.67. The van der Waals surface area contributed by atoms with Crippen LogP contribution in [0, 0.1) is 0 Å². The van der Waals surface area contributed by atoms with Crippen LogP contribution in [0.4, 0.5) is 13.2 Å². The smallest absolute Gasteiger partial charge is 0.511 e. The number of hydrogen-bond acceptors (Lipinski definition) is 3. The third-order valence-electron chi connectivity index (χ3n) is 1.48. The number of halogens is 4. The van der Waals surface area contributed by atoms with Gasteiger partial charge in [-0.3, -0.25) is 0 Å². The first-order valence-corrected chi connectivity index (χ1v) is 4.08. The standard InChI is InChI=1S/C7H5BClF3O3/c9-4-1-2-6(15-8(13)14)5(3-4)7(10,11)12/h1-3,13-14H. The Bertz CT molecular complexity index is 356. The van der Waals surface area contributed by atoms with E-state index in [-0.39, 0.29) is 5.02 Å². The van der Waals surface area contributed by atoms with E-state index in [9.17, 15) is 13.2 Å². The lowest BCUT2D eigenvalue weighted by Gasteiger charge is -2.13. The van der Waals surface area contributed by atoms with E-state index in [1.54, 1.807) is 0 Å². The molecule has 82 valence electrons. The van der Waals surface area contributed by atoms with Crippen LogP contribution in [-0.4, -0.2) is 17.4 Å². The number of alkyl halides is 3. The summed E-state index contributed by atoms with van der Waals surface area (Å²) in [5.74, 6) is -0.693. The number of benzene rings is 1. The molecule has 0 aliphatic rings. The molecule has 0 unspecified atom stereocenters. The van der Waals surface area contributed by atoms with Crippen molar-refractivity contribution < 1.29 is 27.9 Å². The van der Waals surface area contributed by atoms with Crippen LogP contribution >= 0.6 is 11.6 Å². The van der Waals surface area contributed by atoms with Gasteiger partial charge in [-0.15, -0.1) is 0 Å². The van der Waals surface area contributed by atoms with Gasteiger partial charge in [0.1, 0.15) is 5.75 Å². The van der Waals surface area contributed by atoms with Crippen LogP contribution in [0.5, 0.6) is 5.75 Å². The van der Waals surface area contributed by atoms with E-state index in [1.165, 1.54) is 0 Å². The second-order valence-electron chi connectivity index (χ2n) is 2.58. The van der Waals surface area contributed by atoms with Gasteiger partial charge in [0, 0.05) is 5.02 Å². The lowest BCUT2D eigenvalue weighted by atomic mass is 10.1. The first kappa shape index (κ1) is 12.2. The predicted molar refractivity (Wildman–Crippen MR) is 47.3 cm³/mol. The van der Waals surface area contributed by atoms with Gasteiger partial charge in [0.25, 0.3) is 0 Å². The number of rotatable bonds is 2. The van der Waals surface area contributed by atoms with E-state index in [2.05, 4.69) is 4.65 Å². The van der Waals surface area contributed by atoms with Crippen molar-refractivity contribution in [3.8, 4) is 5.75 Å². The third kappa shape index (κ3) is 3.30. The van der Waals surface area contributed by atoms with Gasteiger partial charge in [0.2, 0.25) is 0 Å². The largest absolute Gasteiger partial charge is 0.707 e. The molecule has 1 rings (SSSR count). The van der Waals surface area contributed by atoms with Crippen LogP contribution in [0.3, 0.4) is 0 Å². The molecule has 2 N–H and O–H groups in total. The zero-order valence-corrected chi connectivity index (χ0v) is 7.88. The molecule has 0 radical (unpaired) electrons. The topological polar surface area (TPSA) is 49.7 Å². The van der Waals surface area contributed by atoms with Gasteiger partial charge < -0.3 is 14.7 Å². The minimum absolute atomic E-state index is 0.123. The Morgan fingerprint density at radius 2 is 1.87 bits per heavy atom. The molecule has 0 bridgehead atoms. The Labute approximate surface area is 88.2 Å². The van der Waals surface area contributed by atoms with Crippen LogP contribution in [0.2, 0.25) is 5.02 Å². The van der Waals surface area contributed by atoms with Crippen molar-refractivity contribution in [2.24, 2.45) is 0 Å². The maximum absolute atomic E-state index is 12.4. The molecule has 0 fully saturated rings. The van der Waals surface area contributed by atoms with E-state index >= 15 is 0 Å². The zero-order valence-electron chi connectivity index (χ0n) is 7.12. The average Bonchev–Trinajstić information content (AvgIpc) is 2.05. The molecule has 0 amide bonds. The maximum atomic E-state index is 12.4. The molecule has 0 atom stereocenters. The average molecular weight is 240 g/mol. The van der Waals surface area contributed by atoms with Crippen LogP contribution in [0.1, 0.15) is 5.56 Å².